The summed E-state index contributed by atoms with van der Waals surface area (Å²) in [5, 5.41) is 0. The number of imidazole rings is 1. The van der Waals surface area contributed by atoms with Crippen LogP contribution in [-0.4, -0.2) is 52.5 Å². The molecule has 1 aliphatic carbocycles. The Kier molecular flexibility index (Phi) is 9.57. The third-order valence-corrected chi connectivity index (χ3v) is 8.06. The van der Waals surface area contributed by atoms with Crippen molar-refractivity contribution in [2.24, 2.45) is 0 Å². The van der Waals surface area contributed by atoms with Gasteiger partial charge in [-0.05, 0) is 39.8 Å². The van der Waals surface area contributed by atoms with E-state index >= 15 is 0 Å². The van der Waals surface area contributed by atoms with Gasteiger partial charge in [-0.3, -0.25) is 4.40 Å². The number of hydrogen-bond donors (Lipinski definition) is 0. The first kappa shape index (κ1) is 26.4. The van der Waals surface area contributed by atoms with Gasteiger partial charge in [-0.1, -0.05) is 88.5 Å². The lowest BCUT2D eigenvalue weighted by Gasteiger charge is -2.36. The number of hydrogen-bond acceptors (Lipinski definition) is 4. The van der Waals surface area contributed by atoms with Crippen molar-refractivity contribution < 1.29 is 0 Å². The molecule has 3 heterocycles. The Morgan fingerprint density at radius 3 is 2.22 bits per heavy atom. The molecule has 36 heavy (non-hydrogen) atoms. The third kappa shape index (κ3) is 6.18. The number of rotatable bonds is 7. The van der Waals surface area contributed by atoms with E-state index < -0.39 is 0 Å². The fourth-order valence-electron chi connectivity index (χ4n) is 6.01. The van der Waals surface area contributed by atoms with Gasteiger partial charge in [0.15, 0.2) is 5.82 Å². The van der Waals surface area contributed by atoms with E-state index in [0.29, 0.717) is 12.0 Å². The molecular weight excluding hydrogens is 442 g/mol. The molecule has 0 amide bonds. The van der Waals surface area contributed by atoms with E-state index in [1.54, 1.807) is 0 Å². The van der Waals surface area contributed by atoms with Crippen LogP contribution < -0.4 is 4.90 Å². The summed E-state index contributed by atoms with van der Waals surface area (Å²) in [4.78, 5) is 14.9. The van der Waals surface area contributed by atoms with E-state index in [1.165, 1.54) is 63.5 Å². The average molecular weight is 488 g/mol. The highest BCUT2D eigenvalue weighted by atomic mass is 15.2. The molecule has 2 aliphatic rings. The van der Waals surface area contributed by atoms with Gasteiger partial charge >= 0.3 is 0 Å². The third-order valence-electron chi connectivity index (χ3n) is 8.06. The van der Waals surface area contributed by atoms with Crippen molar-refractivity contribution in [3.63, 3.8) is 0 Å². The fraction of sp³-hybridized carbons (Fsp3) is 0.548. The SMILES string of the molecule is C=C/C=C\C(=C/C=C)c1nc(N2CCC(N(C)C)CC2)c2cncn2c1C1CCCCCCCCC1. The van der Waals surface area contributed by atoms with Gasteiger partial charge in [0.1, 0.15) is 5.52 Å². The second kappa shape index (κ2) is 13.0. The van der Waals surface area contributed by atoms with E-state index in [-0.39, 0.29) is 0 Å². The van der Waals surface area contributed by atoms with Crippen molar-refractivity contribution in [2.45, 2.75) is 82.6 Å². The molecule has 2 aromatic rings. The molecule has 4 rings (SSSR count). The number of aromatic nitrogens is 3. The maximum Gasteiger partial charge on any atom is 0.155 e. The molecule has 0 radical (unpaired) electrons. The monoisotopic (exact) mass is 487 g/mol. The van der Waals surface area contributed by atoms with Crippen LogP contribution >= 0.6 is 0 Å². The van der Waals surface area contributed by atoms with Gasteiger partial charge in [0.2, 0.25) is 0 Å². The van der Waals surface area contributed by atoms with Crippen LogP contribution in [-0.2, 0) is 0 Å². The summed E-state index contributed by atoms with van der Waals surface area (Å²) in [6.45, 7) is 9.96. The zero-order valence-corrected chi connectivity index (χ0v) is 22.5. The summed E-state index contributed by atoms with van der Waals surface area (Å²) in [6.07, 6.45) is 28.1. The first-order chi connectivity index (χ1) is 17.6. The predicted molar refractivity (Wildman–Crippen MR) is 154 cm³/mol. The molecule has 0 spiro atoms. The zero-order valence-electron chi connectivity index (χ0n) is 22.5. The largest absolute Gasteiger partial charge is 0.355 e. The van der Waals surface area contributed by atoms with Gasteiger partial charge < -0.3 is 9.80 Å². The van der Waals surface area contributed by atoms with Crippen molar-refractivity contribution >= 4 is 16.9 Å². The van der Waals surface area contributed by atoms with Gasteiger partial charge in [-0.15, -0.1) is 0 Å². The average Bonchev–Trinajstić information content (AvgIpc) is 3.39. The van der Waals surface area contributed by atoms with Crippen LogP contribution in [0.5, 0.6) is 0 Å². The highest BCUT2D eigenvalue weighted by Gasteiger charge is 2.28. The van der Waals surface area contributed by atoms with Gasteiger partial charge in [-0.25, -0.2) is 9.97 Å². The lowest BCUT2D eigenvalue weighted by Crippen LogP contribution is -2.42. The lowest BCUT2D eigenvalue weighted by molar-refractivity contribution is 0.249. The summed E-state index contributed by atoms with van der Waals surface area (Å²) >= 11 is 0. The Labute approximate surface area is 218 Å². The molecule has 1 aliphatic heterocycles. The zero-order chi connectivity index (χ0) is 25.3. The van der Waals surface area contributed by atoms with E-state index in [4.69, 9.17) is 4.98 Å². The summed E-state index contributed by atoms with van der Waals surface area (Å²) in [7, 11) is 4.39. The first-order valence-electron chi connectivity index (χ1n) is 14.0. The van der Waals surface area contributed by atoms with Crippen molar-refractivity contribution in [1.82, 2.24) is 19.3 Å². The van der Waals surface area contributed by atoms with Gasteiger partial charge in [0, 0.05) is 30.6 Å². The molecule has 0 unspecified atom stereocenters. The topological polar surface area (TPSA) is 36.7 Å². The molecule has 2 fully saturated rings. The molecule has 5 nitrogen and oxygen atoms in total. The van der Waals surface area contributed by atoms with Crippen LogP contribution in [0.3, 0.4) is 0 Å². The second-order valence-corrected chi connectivity index (χ2v) is 10.7. The highest BCUT2D eigenvalue weighted by molar-refractivity contribution is 5.79. The van der Waals surface area contributed by atoms with Gasteiger partial charge in [0.05, 0.1) is 23.9 Å². The maximum absolute atomic E-state index is 5.46. The van der Waals surface area contributed by atoms with Crippen LogP contribution in [0.25, 0.3) is 11.1 Å². The number of allylic oxidation sites excluding steroid dienone is 6. The molecule has 5 heteroatoms. The number of nitrogens with zero attached hydrogens (tertiary/aromatic N) is 5. The molecule has 0 bridgehead atoms. The normalized spacial score (nSPS) is 19.9. The minimum Gasteiger partial charge on any atom is -0.355 e. The van der Waals surface area contributed by atoms with Crippen LogP contribution in [0, 0.1) is 0 Å². The molecule has 2 aromatic heterocycles. The van der Waals surface area contributed by atoms with Gasteiger partial charge in [-0.2, -0.15) is 0 Å². The van der Waals surface area contributed by atoms with E-state index in [1.807, 2.05) is 30.8 Å². The predicted octanol–water partition coefficient (Wildman–Crippen LogP) is 7.18. The number of fused-ring (bicyclic) bond motifs is 1. The fourth-order valence-corrected chi connectivity index (χ4v) is 6.01. The van der Waals surface area contributed by atoms with Crippen molar-refractivity contribution in [1.29, 1.82) is 0 Å². The van der Waals surface area contributed by atoms with Crippen LogP contribution in [0.2, 0.25) is 0 Å². The van der Waals surface area contributed by atoms with Crippen molar-refractivity contribution in [3.05, 3.63) is 67.4 Å². The lowest BCUT2D eigenvalue weighted by atomic mass is 9.87. The van der Waals surface area contributed by atoms with Crippen LogP contribution in [0.4, 0.5) is 5.82 Å². The molecular formula is C31H45N5. The quantitative estimate of drug-likeness (QED) is 0.388. The van der Waals surface area contributed by atoms with E-state index in [9.17, 15) is 0 Å². The number of piperidine rings is 1. The minimum atomic E-state index is 0.473. The molecule has 194 valence electrons. The molecule has 0 N–H and O–H groups in total. The maximum atomic E-state index is 5.46. The summed E-state index contributed by atoms with van der Waals surface area (Å²) in [5.74, 6) is 1.53. The van der Waals surface area contributed by atoms with Gasteiger partial charge in [0.25, 0.3) is 0 Å². The molecule has 1 saturated carbocycles. The second-order valence-electron chi connectivity index (χ2n) is 10.7. The Balaban J connectivity index is 1.83. The Hall–Kier alpha value is -2.66. The smallest absolute Gasteiger partial charge is 0.155 e. The summed E-state index contributed by atoms with van der Waals surface area (Å²) in [6, 6.07) is 0.635. The Morgan fingerprint density at radius 1 is 0.944 bits per heavy atom. The molecule has 0 atom stereocenters. The van der Waals surface area contributed by atoms with Crippen LogP contribution in [0.15, 0.2) is 56.1 Å². The summed E-state index contributed by atoms with van der Waals surface area (Å²) in [5.41, 5.74) is 4.62. The minimum absolute atomic E-state index is 0.473. The standard InChI is InChI=1S/C31H45N5/c1-5-7-16-25(15-6-2)29-30(26-17-13-11-9-8-10-12-14-18-26)36-24-32-23-28(36)31(33-29)35-21-19-27(20-22-35)34(3)4/h5-7,15-16,23-24,26-27H,1-2,8-14,17-22H2,3-4H3/b16-7-,25-15+. The van der Waals surface area contributed by atoms with E-state index in [2.05, 4.69) is 58.6 Å². The van der Waals surface area contributed by atoms with Crippen molar-refractivity contribution in [3.8, 4) is 0 Å². The first-order valence-corrected chi connectivity index (χ1v) is 14.0. The van der Waals surface area contributed by atoms with E-state index in [0.717, 1.165) is 48.5 Å². The number of anilines is 1. The van der Waals surface area contributed by atoms with Crippen LogP contribution in [0.1, 0.15) is 87.9 Å². The Morgan fingerprint density at radius 2 is 1.61 bits per heavy atom. The molecule has 0 aromatic carbocycles. The molecule has 1 saturated heterocycles. The highest BCUT2D eigenvalue weighted by Crippen LogP contribution is 2.37. The van der Waals surface area contributed by atoms with Crippen molar-refractivity contribution in [2.75, 3.05) is 32.1 Å². The summed E-state index contributed by atoms with van der Waals surface area (Å²) < 4.78 is 2.37. The Bertz CT molecular complexity index is 1060.